The van der Waals surface area contributed by atoms with E-state index in [1.54, 1.807) is 6.07 Å². The summed E-state index contributed by atoms with van der Waals surface area (Å²) in [6.45, 7) is 3.66. The lowest BCUT2D eigenvalue weighted by Crippen LogP contribution is -2.28. The van der Waals surface area contributed by atoms with Crippen molar-refractivity contribution in [1.82, 2.24) is 14.9 Å². The molecule has 114 valence electrons. The molecule has 0 atom stereocenters. The third-order valence-corrected chi connectivity index (χ3v) is 4.32. The summed E-state index contributed by atoms with van der Waals surface area (Å²) in [5, 5.41) is 3.22. The average molecular weight is 361 g/mol. The molecule has 1 aromatic carbocycles. The number of carbonyl (C=O) groups is 1. The van der Waals surface area contributed by atoms with Crippen molar-refractivity contribution >= 4 is 33.3 Å². The Hall–Kier alpha value is -1.95. The molecule has 1 N–H and O–H groups in total. The van der Waals surface area contributed by atoms with Crippen LogP contribution in [-0.4, -0.2) is 33.9 Å². The Morgan fingerprint density at radius 2 is 2.00 bits per heavy atom. The van der Waals surface area contributed by atoms with Crippen LogP contribution < -0.4 is 5.32 Å². The molecule has 0 unspecified atom stereocenters. The molecule has 1 aliphatic rings. The van der Waals surface area contributed by atoms with Crippen molar-refractivity contribution in [3.05, 3.63) is 46.3 Å². The minimum absolute atomic E-state index is 0.0223. The lowest BCUT2D eigenvalue weighted by atomic mass is 10.2. The van der Waals surface area contributed by atoms with Crippen LogP contribution in [0, 0.1) is 6.92 Å². The highest BCUT2D eigenvalue weighted by molar-refractivity contribution is 9.10. The van der Waals surface area contributed by atoms with Crippen LogP contribution in [0.4, 0.5) is 11.5 Å². The fraction of sp³-hybridized carbons (Fsp3) is 0.312. The monoisotopic (exact) mass is 360 g/mol. The van der Waals surface area contributed by atoms with Crippen LogP contribution in [-0.2, 0) is 0 Å². The predicted octanol–water partition coefficient (Wildman–Crippen LogP) is 3.53. The Labute approximate surface area is 137 Å². The minimum atomic E-state index is -0.0223. The molecule has 1 amide bonds. The molecule has 5 nitrogen and oxygen atoms in total. The van der Waals surface area contributed by atoms with Crippen molar-refractivity contribution in [3.63, 3.8) is 0 Å². The van der Waals surface area contributed by atoms with E-state index < -0.39 is 0 Å². The third-order valence-electron chi connectivity index (χ3n) is 3.67. The molecular formula is C16H17BrN4O. The molecule has 1 saturated heterocycles. The Bertz CT molecular complexity index is 698. The third kappa shape index (κ3) is 3.27. The van der Waals surface area contributed by atoms with Gasteiger partial charge >= 0.3 is 0 Å². The summed E-state index contributed by atoms with van der Waals surface area (Å²) in [7, 11) is 0. The Morgan fingerprint density at radius 1 is 1.23 bits per heavy atom. The number of nitrogens with zero attached hydrogens (tertiary/aromatic N) is 3. The maximum absolute atomic E-state index is 12.4. The number of benzene rings is 1. The number of nitrogens with one attached hydrogen (secondary N) is 1. The van der Waals surface area contributed by atoms with E-state index in [2.05, 4.69) is 31.2 Å². The minimum Gasteiger partial charge on any atom is -0.339 e. The van der Waals surface area contributed by atoms with E-state index >= 15 is 0 Å². The van der Waals surface area contributed by atoms with Crippen molar-refractivity contribution in [2.24, 2.45) is 0 Å². The van der Waals surface area contributed by atoms with E-state index in [1.807, 2.05) is 30.0 Å². The van der Waals surface area contributed by atoms with Gasteiger partial charge in [0.25, 0.3) is 5.91 Å². The molecule has 1 aliphatic heterocycles. The number of halogens is 1. The molecule has 0 radical (unpaired) electrons. The highest BCUT2D eigenvalue weighted by Crippen LogP contribution is 2.26. The smallest absolute Gasteiger partial charge is 0.272 e. The van der Waals surface area contributed by atoms with Crippen LogP contribution in [0.25, 0.3) is 0 Å². The summed E-state index contributed by atoms with van der Waals surface area (Å²) in [5.74, 6) is 0.591. The number of amides is 1. The summed E-state index contributed by atoms with van der Waals surface area (Å²) in [4.78, 5) is 22.5. The molecule has 6 heteroatoms. The number of rotatable bonds is 3. The number of aromatic nitrogens is 2. The summed E-state index contributed by atoms with van der Waals surface area (Å²) >= 11 is 3.52. The average Bonchev–Trinajstić information content (AvgIpc) is 3.04. The highest BCUT2D eigenvalue weighted by atomic mass is 79.9. The van der Waals surface area contributed by atoms with Crippen LogP contribution in [0.2, 0.25) is 0 Å². The fourth-order valence-electron chi connectivity index (χ4n) is 2.48. The number of hydrogen-bond donors (Lipinski definition) is 1. The first kappa shape index (κ1) is 15.0. The van der Waals surface area contributed by atoms with E-state index in [9.17, 15) is 4.79 Å². The van der Waals surface area contributed by atoms with Gasteiger partial charge in [0.2, 0.25) is 0 Å². The SMILES string of the molecule is Cc1ccc(Nc2cc(C(=O)N3CCCC3)ncn2)c(Br)c1. The van der Waals surface area contributed by atoms with Gasteiger partial charge in [0.1, 0.15) is 17.8 Å². The first-order chi connectivity index (χ1) is 10.6. The summed E-state index contributed by atoms with van der Waals surface area (Å²) in [6, 6.07) is 7.72. The Balaban J connectivity index is 1.80. The molecular weight excluding hydrogens is 344 g/mol. The van der Waals surface area contributed by atoms with Crippen molar-refractivity contribution in [3.8, 4) is 0 Å². The standard InChI is InChI=1S/C16H17BrN4O/c1-11-4-5-13(12(17)8-11)20-15-9-14(18-10-19-15)16(22)21-6-2-3-7-21/h4-5,8-10H,2-3,6-7H2,1H3,(H,18,19,20). The number of likely N-dealkylation sites (tertiary alicyclic amines) is 1. The summed E-state index contributed by atoms with van der Waals surface area (Å²) in [5.41, 5.74) is 2.51. The molecule has 1 fully saturated rings. The van der Waals surface area contributed by atoms with Crippen molar-refractivity contribution in [1.29, 1.82) is 0 Å². The summed E-state index contributed by atoms with van der Waals surface area (Å²) < 4.78 is 0.957. The van der Waals surface area contributed by atoms with Crippen LogP contribution in [0.3, 0.4) is 0 Å². The van der Waals surface area contributed by atoms with Gasteiger partial charge in [-0.15, -0.1) is 0 Å². The topological polar surface area (TPSA) is 58.1 Å². The lowest BCUT2D eigenvalue weighted by Gasteiger charge is -2.15. The van der Waals surface area contributed by atoms with Gasteiger partial charge in [-0.3, -0.25) is 4.79 Å². The van der Waals surface area contributed by atoms with Gasteiger partial charge in [-0.25, -0.2) is 9.97 Å². The highest BCUT2D eigenvalue weighted by Gasteiger charge is 2.20. The largest absolute Gasteiger partial charge is 0.339 e. The molecule has 0 saturated carbocycles. The van der Waals surface area contributed by atoms with Gasteiger partial charge in [-0.2, -0.15) is 0 Å². The maximum atomic E-state index is 12.4. The predicted molar refractivity (Wildman–Crippen MR) is 89.3 cm³/mol. The molecule has 2 heterocycles. The molecule has 2 aromatic rings. The quantitative estimate of drug-likeness (QED) is 0.909. The van der Waals surface area contributed by atoms with E-state index in [1.165, 1.54) is 11.9 Å². The first-order valence-corrected chi connectivity index (χ1v) is 8.07. The maximum Gasteiger partial charge on any atom is 0.272 e. The molecule has 1 aromatic heterocycles. The zero-order valence-electron chi connectivity index (χ0n) is 12.3. The zero-order valence-corrected chi connectivity index (χ0v) is 13.9. The number of aryl methyl sites for hydroxylation is 1. The molecule has 0 aliphatic carbocycles. The molecule has 22 heavy (non-hydrogen) atoms. The van der Waals surface area contributed by atoms with E-state index in [0.717, 1.165) is 36.1 Å². The number of carbonyl (C=O) groups excluding carboxylic acids is 1. The number of hydrogen-bond acceptors (Lipinski definition) is 4. The second kappa shape index (κ2) is 6.44. The van der Waals surface area contributed by atoms with Crippen LogP contribution in [0.5, 0.6) is 0 Å². The van der Waals surface area contributed by atoms with Gasteiger partial charge in [-0.1, -0.05) is 6.07 Å². The normalized spacial score (nSPS) is 14.2. The lowest BCUT2D eigenvalue weighted by molar-refractivity contribution is 0.0787. The Kier molecular flexibility index (Phi) is 4.38. The number of anilines is 2. The van der Waals surface area contributed by atoms with E-state index in [4.69, 9.17) is 0 Å². The Morgan fingerprint density at radius 3 is 2.73 bits per heavy atom. The van der Waals surface area contributed by atoms with Crippen molar-refractivity contribution < 1.29 is 4.79 Å². The second-order valence-electron chi connectivity index (χ2n) is 5.40. The van der Waals surface area contributed by atoms with Gasteiger partial charge in [0, 0.05) is 23.6 Å². The van der Waals surface area contributed by atoms with E-state index in [-0.39, 0.29) is 5.91 Å². The second-order valence-corrected chi connectivity index (χ2v) is 6.25. The van der Waals surface area contributed by atoms with Gasteiger partial charge in [0.15, 0.2) is 0 Å². The van der Waals surface area contributed by atoms with E-state index in [0.29, 0.717) is 11.5 Å². The van der Waals surface area contributed by atoms with Gasteiger partial charge < -0.3 is 10.2 Å². The van der Waals surface area contributed by atoms with Gasteiger partial charge in [0.05, 0.1) is 5.69 Å². The molecule has 3 rings (SSSR count). The van der Waals surface area contributed by atoms with Crippen LogP contribution in [0.1, 0.15) is 28.9 Å². The summed E-state index contributed by atoms with van der Waals surface area (Å²) in [6.07, 6.45) is 3.56. The molecule has 0 spiro atoms. The van der Waals surface area contributed by atoms with Crippen LogP contribution in [0.15, 0.2) is 35.1 Å². The zero-order chi connectivity index (χ0) is 15.5. The van der Waals surface area contributed by atoms with Crippen molar-refractivity contribution in [2.75, 3.05) is 18.4 Å². The first-order valence-electron chi connectivity index (χ1n) is 7.28. The molecule has 0 bridgehead atoms. The van der Waals surface area contributed by atoms with Gasteiger partial charge in [-0.05, 0) is 53.4 Å². The van der Waals surface area contributed by atoms with Crippen LogP contribution >= 0.6 is 15.9 Å². The van der Waals surface area contributed by atoms with Crippen molar-refractivity contribution in [2.45, 2.75) is 19.8 Å². The fourth-order valence-corrected chi connectivity index (χ4v) is 3.08.